The van der Waals surface area contributed by atoms with Crippen molar-refractivity contribution in [2.75, 3.05) is 13.7 Å². The van der Waals surface area contributed by atoms with Crippen LogP contribution < -0.4 is 10.1 Å². The second-order valence-corrected chi connectivity index (χ2v) is 6.75. The molecule has 0 bridgehead atoms. The van der Waals surface area contributed by atoms with Gasteiger partial charge in [-0.05, 0) is 36.1 Å². The van der Waals surface area contributed by atoms with Gasteiger partial charge in [0.1, 0.15) is 11.8 Å². The molecule has 2 aromatic rings. The standard InChI is InChI=1S/C23H30N2O3/c1-4-14-24-23(27)21(5-2)25(17-19-12-9-13-20(15-19)28-3)22(26)16-18-10-7-6-8-11-18/h6-13,15,21H,4-5,14,16-17H2,1-3H3,(H,24,27). The summed E-state index contributed by atoms with van der Waals surface area (Å²) in [5, 5.41) is 2.93. The third-order valence-electron chi connectivity index (χ3n) is 4.62. The van der Waals surface area contributed by atoms with Crippen molar-refractivity contribution in [1.29, 1.82) is 0 Å². The molecule has 0 aromatic heterocycles. The topological polar surface area (TPSA) is 58.6 Å². The minimum Gasteiger partial charge on any atom is -0.497 e. The van der Waals surface area contributed by atoms with Crippen LogP contribution in [0.3, 0.4) is 0 Å². The molecule has 1 unspecified atom stereocenters. The highest BCUT2D eigenvalue weighted by atomic mass is 16.5. The number of amides is 2. The summed E-state index contributed by atoms with van der Waals surface area (Å²) in [5.41, 5.74) is 1.87. The number of hydrogen-bond donors (Lipinski definition) is 1. The summed E-state index contributed by atoms with van der Waals surface area (Å²) in [5.74, 6) is 0.567. The van der Waals surface area contributed by atoms with Gasteiger partial charge < -0.3 is 15.0 Å². The van der Waals surface area contributed by atoms with Gasteiger partial charge in [-0.2, -0.15) is 0 Å². The van der Waals surface area contributed by atoms with Crippen molar-refractivity contribution in [3.63, 3.8) is 0 Å². The fraction of sp³-hybridized carbons (Fsp3) is 0.391. The normalized spacial score (nSPS) is 11.5. The van der Waals surface area contributed by atoms with E-state index < -0.39 is 6.04 Å². The van der Waals surface area contributed by atoms with E-state index in [9.17, 15) is 9.59 Å². The van der Waals surface area contributed by atoms with E-state index in [4.69, 9.17) is 4.74 Å². The zero-order valence-electron chi connectivity index (χ0n) is 17.0. The van der Waals surface area contributed by atoms with E-state index >= 15 is 0 Å². The molecule has 5 nitrogen and oxygen atoms in total. The van der Waals surface area contributed by atoms with Gasteiger partial charge in [-0.3, -0.25) is 9.59 Å². The lowest BCUT2D eigenvalue weighted by Gasteiger charge is -2.31. The summed E-state index contributed by atoms with van der Waals surface area (Å²) in [4.78, 5) is 27.6. The van der Waals surface area contributed by atoms with Gasteiger partial charge in [0.25, 0.3) is 0 Å². The first-order chi connectivity index (χ1) is 13.6. The summed E-state index contributed by atoms with van der Waals surface area (Å²) >= 11 is 0. The fourth-order valence-corrected chi connectivity index (χ4v) is 3.13. The summed E-state index contributed by atoms with van der Waals surface area (Å²) in [6, 6.07) is 16.7. The molecule has 5 heteroatoms. The minimum absolute atomic E-state index is 0.0625. The predicted octanol–water partition coefficient (Wildman–Crippen LogP) is 3.57. The number of nitrogens with zero attached hydrogens (tertiary/aromatic N) is 1. The third kappa shape index (κ3) is 6.12. The molecule has 0 saturated carbocycles. The highest BCUT2D eigenvalue weighted by Crippen LogP contribution is 2.18. The van der Waals surface area contributed by atoms with Crippen molar-refractivity contribution in [3.05, 3.63) is 65.7 Å². The molecular weight excluding hydrogens is 352 g/mol. The van der Waals surface area contributed by atoms with Crippen molar-refractivity contribution in [2.45, 2.75) is 45.7 Å². The summed E-state index contributed by atoms with van der Waals surface area (Å²) in [6.07, 6.45) is 1.68. The Labute approximate surface area is 167 Å². The molecule has 0 fully saturated rings. The molecule has 0 radical (unpaired) electrons. The summed E-state index contributed by atoms with van der Waals surface area (Å²) in [6.45, 7) is 4.91. The number of carbonyl (C=O) groups is 2. The van der Waals surface area contributed by atoms with Crippen LogP contribution in [0.25, 0.3) is 0 Å². The van der Waals surface area contributed by atoms with Crippen LogP contribution in [-0.4, -0.2) is 36.4 Å². The van der Waals surface area contributed by atoms with Gasteiger partial charge in [0.15, 0.2) is 0 Å². The lowest BCUT2D eigenvalue weighted by atomic mass is 10.1. The summed E-state index contributed by atoms with van der Waals surface area (Å²) in [7, 11) is 1.62. The molecule has 0 aliphatic carbocycles. The van der Waals surface area contributed by atoms with Gasteiger partial charge in [0.05, 0.1) is 13.5 Å². The molecule has 2 amide bonds. The van der Waals surface area contributed by atoms with Crippen LogP contribution in [0.2, 0.25) is 0 Å². The fourth-order valence-electron chi connectivity index (χ4n) is 3.13. The van der Waals surface area contributed by atoms with Crippen LogP contribution >= 0.6 is 0 Å². The Morgan fingerprint density at radius 2 is 1.75 bits per heavy atom. The molecule has 150 valence electrons. The Bertz CT molecular complexity index is 761. The van der Waals surface area contributed by atoms with Gasteiger partial charge in [0, 0.05) is 13.1 Å². The van der Waals surface area contributed by atoms with Gasteiger partial charge in [-0.25, -0.2) is 0 Å². The van der Waals surface area contributed by atoms with E-state index in [2.05, 4.69) is 5.32 Å². The van der Waals surface area contributed by atoms with Crippen molar-refractivity contribution in [2.24, 2.45) is 0 Å². The molecule has 1 N–H and O–H groups in total. The zero-order chi connectivity index (χ0) is 20.4. The second kappa shape index (κ2) is 11.1. The molecule has 0 aliphatic heterocycles. The number of benzene rings is 2. The largest absolute Gasteiger partial charge is 0.497 e. The number of nitrogens with one attached hydrogen (secondary N) is 1. The average Bonchev–Trinajstić information content (AvgIpc) is 2.72. The Morgan fingerprint density at radius 1 is 1.04 bits per heavy atom. The van der Waals surface area contributed by atoms with Gasteiger partial charge in [-0.15, -0.1) is 0 Å². The molecule has 0 spiro atoms. The van der Waals surface area contributed by atoms with Crippen molar-refractivity contribution in [3.8, 4) is 5.75 Å². The first-order valence-corrected chi connectivity index (χ1v) is 9.83. The maximum Gasteiger partial charge on any atom is 0.242 e. The molecule has 0 saturated heterocycles. The quantitative estimate of drug-likeness (QED) is 0.683. The predicted molar refractivity (Wildman–Crippen MR) is 111 cm³/mol. The van der Waals surface area contributed by atoms with E-state index in [1.165, 1.54) is 0 Å². The molecule has 2 aromatic carbocycles. The monoisotopic (exact) mass is 382 g/mol. The van der Waals surface area contributed by atoms with Crippen LogP contribution in [-0.2, 0) is 22.6 Å². The number of methoxy groups -OCH3 is 1. The number of hydrogen-bond acceptors (Lipinski definition) is 3. The van der Waals surface area contributed by atoms with E-state index in [0.29, 0.717) is 19.5 Å². The van der Waals surface area contributed by atoms with Crippen LogP contribution in [0.4, 0.5) is 0 Å². The summed E-state index contributed by atoms with van der Waals surface area (Å²) < 4.78 is 5.30. The van der Waals surface area contributed by atoms with Gasteiger partial charge in [0.2, 0.25) is 11.8 Å². The van der Waals surface area contributed by atoms with E-state index in [1.54, 1.807) is 12.0 Å². The Balaban J connectivity index is 2.26. The lowest BCUT2D eigenvalue weighted by molar-refractivity contribution is -0.140. The average molecular weight is 383 g/mol. The van der Waals surface area contributed by atoms with Crippen molar-refractivity contribution in [1.82, 2.24) is 10.2 Å². The first-order valence-electron chi connectivity index (χ1n) is 9.83. The minimum atomic E-state index is -0.506. The Kier molecular flexibility index (Phi) is 8.53. The maximum absolute atomic E-state index is 13.2. The first kappa shape index (κ1) is 21.5. The van der Waals surface area contributed by atoms with E-state index in [-0.39, 0.29) is 18.2 Å². The second-order valence-electron chi connectivity index (χ2n) is 6.75. The smallest absolute Gasteiger partial charge is 0.242 e. The zero-order valence-corrected chi connectivity index (χ0v) is 17.0. The van der Waals surface area contributed by atoms with Crippen molar-refractivity contribution >= 4 is 11.8 Å². The lowest BCUT2D eigenvalue weighted by Crippen LogP contribution is -2.49. The van der Waals surface area contributed by atoms with E-state index in [1.807, 2.05) is 68.4 Å². The van der Waals surface area contributed by atoms with Crippen LogP contribution in [0.5, 0.6) is 5.75 Å². The molecule has 2 rings (SSSR count). The highest BCUT2D eigenvalue weighted by molar-refractivity contribution is 5.88. The van der Waals surface area contributed by atoms with Crippen LogP contribution in [0.1, 0.15) is 37.8 Å². The number of rotatable bonds is 10. The van der Waals surface area contributed by atoms with Crippen LogP contribution in [0.15, 0.2) is 54.6 Å². The molecule has 0 heterocycles. The number of carbonyl (C=O) groups excluding carboxylic acids is 2. The third-order valence-corrected chi connectivity index (χ3v) is 4.62. The Hall–Kier alpha value is -2.82. The SMILES string of the molecule is CCCNC(=O)C(CC)N(Cc1cccc(OC)c1)C(=O)Cc1ccccc1. The Morgan fingerprint density at radius 3 is 2.39 bits per heavy atom. The molecular formula is C23H30N2O3. The van der Waals surface area contributed by atoms with Gasteiger partial charge in [-0.1, -0.05) is 56.3 Å². The molecule has 28 heavy (non-hydrogen) atoms. The van der Waals surface area contributed by atoms with E-state index in [0.717, 1.165) is 23.3 Å². The van der Waals surface area contributed by atoms with Crippen LogP contribution in [0, 0.1) is 0 Å². The van der Waals surface area contributed by atoms with Gasteiger partial charge >= 0.3 is 0 Å². The highest BCUT2D eigenvalue weighted by Gasteiger charge is 2.28. The maximum atomic E-state index is 13.2. The van der Waals surface area contributed by atoms with Crippen molar-refractivity contribution < 1.29 is 14.3 Å². The molecule has 1 atom stereocenters. The molecule has 0 aliphatic rings. The number of ether oxygens (including phenoxy) is 1.